The topological polar surface area (TPSA) is 65.4 Å². The average Bonchev–Trinajstić information content (AvgIpc) is 2.73. The molecule has 152 valence electrons. The molecule has 0 radical (unpaired) electrons. The third kappa shape index (κ3) is 7.48. The van der Waals surface area contributed by atoms with Crippen LogP contribution in [-0.2, 0) is 6.42 Å². The summed E-state index contributed by atoms with van der Waals surface area (Å²) in [6.45, 7) is 3.61. The van der Waals surface area contributed by atoms with Gasteiger partial charge in [0.1, 0.15) is 5.75 Å². The van der Waals surface area contributed by atoms with E-state index in [-0.39, 0.29) is 5.91 Å². The molecule has 0 aromatic heterocycles. The van der Waals surface area contributed by atoms with Gasteiger partial charge in [0.2, 0.25) is 0 Å². The molecular weight excluding hydrogens is 450 g/mol. The van der Waals surface area contributed by atoms with Crippen molar-refractivity contribution in [3.63, 3.8) is 0 Å². The Labute approximate surface area is 185 Å². The van der Waals surface area contributed by atoms with Gasteiger partial charge in [0, 0.05) is 17.6 Å². The molecule has 2 aromatic carbocycles. The number of halogens is 1. The predicted molar refractivity (Wildman–Crippen MR) is 122 cm³/mol. The van der Waals surface area contributed by atoms with Gasteiger partial charge in [-0.05, 0) is 48.8 Å². The number of hydrogen-bond donors (Lipinski definition) is 1. The minimum Gasteiger partial charge on any atom is -0.493 e. The van der Waals surface area contributed by atoms with Gasteiger partial charge in [0.15, 0.2) is 5.11 Å². The Bertz CT molecular complexity index is 868. The Morgan fingerprint density at radius 3 is 2.69 bits per heavy atom. The quantitative estimate of drug-likeness (QED) is 0.534. The summed E-state index contributed by atoms with van der Waals surface area (Å²) < 4.78 is 6.47. The van der Waals surface area contributed by atoms with Gasteiger partial charge in [-0.2, -0.15) is 5.26 Å². The summed E-state index contributed by atoms with van der Waals surface area (Å²) in [7, 11) is 0. The van der Waals surface area contributed by atoms with Gasteiger partial charge >= 0.3 is 0 Å². The molecule has 1 amide bonds. The predicted octanol–water partition coefficient (Wildman–Crippen LogP) is 4.71. The molecule has 2 aromatic rings. The largest absolute Gasteiger partial charge is 0.493 e. The summed E-state index contributed by atoms with van der Waals surface area (Å²) in [6.07, 6.45) is 1.94. The maximum Gasteiger partial charge on any atom is 0.261 e. The van der Waals surface area contributed by atoms with Gasteiger partial charge in [-0.1, -0.05) is 53.2 Å². The van der Waals surface area contributed by atoms with Crippen LogP contribution in [0.25, 0.3) is 0 Å². The number of thiocarbonyl (C=S) groups is 1. The van der Waals surface area contributed by atoms with Crippen molar-refractivity contribution in [3.8, 4) is 11.8 Å². The van der Waals surface area contributed by atoms with E-state index in [4.69, 9.17) is 22.2 Å². The molecule has 0 heterocycles. The van der Waals surface area contributed by atoms with Crippen LogP contribution in [0.2, 0.25) is 0 Å². The van der Waals surface area contributed by atoms with Crippen molar-refractivity contribution in [3.05, 3.63) is 64.1 Å². The summed E-state index contributed by atoms with van der Waals surface area (Å²) in [5, 5.41) is 12.1. The summed E-state index contributed by atoms with van der Waals surface area (Å²) in [5.74, 6) is 0.187. The van der Waals surface area contributed by atoms with E-state index in [1.54, 1.807) is 12.1 Å². The first-order valence-electron chi connectivity index (χ1n) is 9.48. The van der Waals surface area contributed by atoms with Crippen LogP contribution in [0.5, 0.6) is 5.75 Å². The minimum absolute atomic E-state index is 0.308. The monoisotopic (exact) mass is 473 g/mol. The molecule has 0 saturated heterocycles. The number of ether oxygens (including phenoxy) is 1. The summed E-state index contributed by atoms with van der Waals surface area (Å²) in [5.41, 5.74) is 1.59. The molecule has 5 nitrogen and oxygen atoms in total. The first kappa shape index (κ1) is 22.9. The summed E-state index contributed by atoms with van der Waals surface area (Å²) >= 11 is 8.87. The van der Waals surface area contributed by atoms with Crippen LogP contribution in [0.4, 0.5) is 0 Å². The molecule has 0 aliphatic rings. The number of carbonyl (C=O) groups excluding carboxylic acids is 1. The lowest BCUT2D eigenvalue weighted by Crippen LogP contribution is -2.44. The lowest BCUT2D eigenvalue weighted by atomic mass is 10.1. The van der Waals surface area contributed by atoms with Crippen molar-refractivity contribution in [2.24, 2.45) is 0 Å². The van der Waals surface area contributed by atoms with Crippen LogP contribution in [0.15, 0.2) is 53.0 Å². The number of rotatable bonds is 9. The second kappa shape index (κ2) is 12.2. The highest BCUT2D eigenvalue weighted by Crippen LogP contribution is 2.23. The molecule has 0 unspecified atom stereocenters. The number of benzene rings is 2. The van der Waals surface area contributed by atoms with Crippen molar-refractivity contribution in [1.29, 1.82) is 5.26 Å². The molecule has 0 fully saturated rings. The third-order valence-electron chi connectivity index (χ3n) is 4.16. The van der Waals surface area contributed by atoms with Gasteiger partial charge < -0.3 is 9.64 Å². The van der Waals surface area contributed by atoms with E-state index < -0.39 is 0 Å². The first-order valence-corrected chi connectivity index (χ1v) is 10.7. The fourth-order valence-electron chi connectivity index (χ4n) is 2.67. The van der Waals surface area contributed by atoms with E-state index in [0.717, 1.165) is 17.3 Å². The summed E-state index contributed by atoms with van der Waals surface area (Å²) in [4.78, 5) is 14.7. The van der Waals surface area contributed by atoms with Crippen molar-refractivity contribution in [2.75, 3.05) is 19.7 Å². The smallest absolute Gasteiger partial charge is 0.261 e. The highest BCUT2D eigenvalue weighted by atomic mass is 79.9. The Morgan fingerprint density at radius 2 is 2.00 bits per heavy atom. The number of nitrogens with zero attached hydrogens (tertiary/aromatic N) is 2. The number of nitriles is 1. The zero-order valence-corrected chi connectivity index (χ0v) is 18.8. The zero-order valence-electron chi connectivity index (χ0n) is 16.4. The van der Waals surface area contributed by atoms with E-state index in [9.17, 15) is 4.79 Å². The lowest BCUT2D eigenvalue weighted by Gasteiger charge is -2.25. The highest BCUT2D eigenvalue weighted by Gasteiger charge is 2.18. The maximum absolute atomic E-state index is 12.9. The van der Waals surface area contributed by atoms with Gasteiger partial charge in [-0.15, -0.1) is 0 Å². The van der Waals surface area contributed by atoms with Crippen molar-refractivity contribution >= 4 is 39.2 Å². The standard InChI is InChI=1S/C22H24BrN3O2S/c1-2-15-28-20-10-9-18(23)16-19(20)21(27)25-22(29)26(13-6-12-24)14-11-17-7-4-3-5-8-17/h3-5,7-10,16H,2,6,11,13-15H2,1H3,(H,25,27,29). The van der Waals surface area contributed by atoms with Crippen molar-refractivity contribution in [1.82, 2.24) is 10.2 Å². The highest BCUT2D eigenvalue weighted by molar-refractivity contribution is 9.10. The van der Waals surface area contributed by atoms with E-state index in [1.807, 2.05) is 48.2 Å². The van der Waals surface area contributed by atoms with Crippen LogP contribution < -0.4 is 10.1 Å². The Morgan fingerprint density at radius 1 is 1.24 bits per heavy atom. The molecule has 0 aliphatic carbocycles. The fourth-order valence-corrected chi connectivity index (χ4v) is 3.31. The third-order valence-corrected chi connectivity index (χ3v) is 5.02. The molecule has 0 atom stereocenters. The molecule has 1 N–H and O–H groups in total. The van der Waals surface area contributed by atoms with Crippen molar-refractivity contribution in [2.45, 2.75) is 26.2 Å². The first-order chi connectivity index (χ1) is 14.0. The van der Waals surface area contributed by atoms with Gasteiger partial charge in [0.05, 0.1) is 24.7 Å². The second-order valence-electron chi connectivity index (χ2n) is 6.38. The fraction of sp³-hybridized carbons (Fsp3) is 0.318. The zero-order chi connectivity index (χ0) is 21.1. The van der Waals surface area contributed by atoms with E-state index in [2.05, 4.69) is 27.3 Å². The van der Waals surface area contributed by atoms with Crippen LogP contribution in [0.1, 0.15) is 35.7 Å². The number of nitrogens with one attached hydrogen (secondary N) is 1. The van der Waals surface area contributed by atoms with Crippen LogP contribution >= 0.6 is 28.1 Å². The molecule has 0 spiro atoms. The maximum atomic E-state index is 12.9. The molecule has 0 saturated carbocycles. The average molecular weight is 474 g/mol. The lowest BCUT2D eigenvalue weighted by molar-refractivity contribution is 0.0969. The molecule has 7 heteroatoms. The van der Waals surface area contributed by atoms with Crippen LogP contribution in [0, 0.1) is 11.3 Å². The van der Waals surface area contributed by atoms with E-state index >= 15 is 0 Å². The van der Waals surface area contributed by atoms with Crippen LogP contribution in [0.3, 0.4) is 0 Å². The molecular formula is C22H24BrN3O2S. The van der Waals surface area contributed by atoms with Crippen LogP contribution in [-0.4, -0.2) is 35.6 Å². The normalized spacial score (nSPS) is 10.1. The Kier molecular flexibility index (Phi) is 9.62. The van der Waals surface area contributed by atoms with E-state index in [1.165, 1.54) is 5.56 Å². The Balaban J connectivity index is 2.08. The number of hydrogen-bond acceptors (Lipinski definition) is 4. The second-order valence-corrected chi connectivity index (χ2v) is 7.68. The van der Waals surface area contributed by atoms with Gasteiger partial charge in [-0.25, -0.2) is 0 Å². The number of carbonyl (C=O) groups is 1. The molecule has 2 rings (SSSR count). The van der Waals surface area contributed by atoms with Gasteiger partial charge in [-0.3, -0.25) is 10.1 Å². The molecule has 0 aliphatic heterocycles. The molecule has 29 heavy (non-hydrogen) atoms. The Hall–Kier alpha value is -2.43. The van der Waals surface area contributed by atoms with Gasteiger partial charge in [0.25, 0.3) is 5.91 Å². The number of amides is 1. The SMILES string of the molecule is CCCOc1ccc(Br)cc1C(=O)NC(=S)N(CCC#N)CCc1ccccc1. The van der Waals surface area contributed by atoms with Crippen molar-refractivity contribution < 1.29 is 9.53 Å². The minimum atomic E-state index is -0.330. The summed E-state index contributed by atoms with van der Waals surface area (Å²) in [6, 6.07) is 17.5. The molecule has 0 bridgehead atoms. The van der Waals surface area contributed by atoms with E-state index in [0.29, 0.717) is 42.5 Å².